The second-order valence-electron chi connectivity index (χ2n) is 5.78. The number of aromatic nitrogens is 4. The molecule has 0 saturated heterocycles. The fourth-order valence-electron chi connectivity index (χ4n) is 2.09. The number of rotatable bonds is 6. The summed E-state index contributed by atoms with van der Waals surface area (Å²) in [5.41, 5.74) is 7.11. The minimum atomic E-state index is 0.00689. The van der Waals surface area contributed by atoms with Gasteiger partial charge in [-0.05, 0) is 34.4 Å². The Hall–Kier alpha value is -1.66. The van der Waals surface area contributed by atoms with E-state index in [2.05, 4.69) is 29.4 Å². The summed E-state index contributed by atoms with van der Waals surface area (Å²) in [5.74, 6) is 0.623. The summed E-state index contributed by atoms with van der Waals surface area (Å²) in [6.07, 6.45) is 0.910. The van der Waals surface area contributed by atoms with Crippen LogP contribution in [0.4, 0.5) is 5.69 Å². The third kappa shape index (κ3) is 3.71. The van der Waals surface area contributed by atoms with Crippen molar-refractivity contribution in [3.63, 3.8) is 0 Å². The van der Waals surface area contributed by atoms with Crippen LogP contribution in [0.5, 0.6) is 0 Å². The number of benzene rings is 1. The molecule has 21 heavy (non-hydrogen) atoms. The van der Waals surface area contributed by atoms with E-state index in [1.165, 1.54) is 0 Å². The molecule has 0 aliphatic rings. The molecule has 0 bridgehead atoms. The Kier molecular flexibility index (Phi) is 4.80. The summed E-state index contributed by atoms with van der Waals surface area (Å²) in [5, 5.41) is 12.4. The van der Waals surface area contributed by atoms with E-state index in [4.69, 9.17) is 22.1 Å². The van der Waals surface area contributed by atoms with E-state index >= 15 is 0 Å². The standard InChI is InChI=1S/C14H20ClN5O/c1-14(2,7-8-21-3)9-20-13(17-18-19-20)10-5-4-6-11(16)12(10)15/h4-6H,7-9,16H2,1-3H3. The molecule has 0 spiro atoms. The summed E-state index contributed by atoms with van der Waals surface area (Å²) < 4.78 is 6.91. The van der Waals surface area contributed by atoms with E-state index in [1.807, 2.05) is 12.1 Å². The highest BCUT2D eigenvalue weighted by Gasteiger charge is 2.22. The van der Waals surface area contributed by atoms with Crippen molar-refractivity contribution in [2.24, 2.45) is 5.41 Å². The number of hydrogen-bond donors (Lipinski definition) is 1. The van der Waals surface area contributed by atoms with Gasteiger partial charge in [0.15, 0.2) is 5.82 Å². The van der Waals surface area contributed by atoms with E-state index in [1.54, 1.807) is 17.9 Å². The molecule has 2 aromatic rings. The summed E-state index contributed by atoms with van der Waals surface area (Å²) in [6.45, 7) is 5.67. The van der Waals surface area contributed by atoms with Crippen molar-refractivity contribution in [2.75, 3.05) is 19.5 Å². The van der Waals surface area contributed by atoms with Crippen LogP contribution in [0.3, 0.4) is 0 Å². The van der Waals surface area contributed by atoms with Crippen LogP contribution in [0, 0.1) is 5.41 Å². The van der Waals surface area contributed by atoms with Crippen molar-refractivity contribution < 1.29 is 4.74 Å². The van der Waals surface area contributed by atoms with Gasteiger partial charge >= 0.3 is 0 Å². The summed E-state index contributed by atoms with van der Waals surface area (Å²) in [6, 6.07) is 5.46. The van der Waals surface area contributed by atoms with Gasteiger partial charge in [0.1, 0.15) is 0 Å². The lowest BCUT2D eigenvalue weighted by Gasteiger charge is -2.24. The second kappa shape index (κ2) is 6.41. The van der Waals surface area contributed by atoms with Crippen molar-refractivity contribution in [3.05, 3.63) is 23.2 Å². The zero-order valence-electron chi connectivity index (χ0n) is 12.5. The molecule has 0 atom stereocenters. The van der Waals surface area contributed by atoms with Crippen molar-refractivity contribution in [3.8, 4) is 11.4 Å². The zero-order valence-corrected chi connectivity index (χ0v) is 13.3. The first-order chi connectivity index (χ1) is 9.94. The first-order valence-corrected chi connectivity index (χ1v) is 7.12. The summed E-state index contributed by atoms with van der Waals surface area (Å²) in [7, 11) is 1.70. The third-order valence-corrected chi connectivity index (χ3v) is 3.78. The predicted molar refractivity (Wildman–Crippen MR) is 82.9 cm³/mol. The molecule has 0 fully saturated rings. The van der Waals surface area contributed by atoms with E-state index in [9.17, 15) is 0 Å². The first kappa shape index (κ1) is 15.7. The van der Waals surface area contributed by atoms with Gasteiger partial charge in [0.05, 0.1) is 17.3 Å². The summed E-state index contributed by atoms with van der Waals surface area (Å²) >= 11 is 6.26. The normalized spacial score (nSPS) is 11.8. The zero-order chi connectivity index (χ0) is 15.5. The van der Waals surface area contributed by atoms with Gasteiger partial charge in [0.25, 0.3) is 0 Å². The molecule has 0 saturated carbocycles. The highest BCUT2D eigenvalue weighted by molar-refractivity contribution is 6.35. The minimum absolute atomic E-state index is 0.00689. The van der Waals surface area contributed by atoms with Gasteiger partial charge in [-0.3, -0.25) is 0 Å². The molecule has 0 radical (unpaired) electrons. The maximum atomic E-state index is 6.26. The molecule has 2 N–H and O–H groups in total. The van der Waals surface area contributed by atoms with Crippen LogP contribution >= 0.6 is 11.6 Å². The third-order valence-electron chi connectivity index (χ3n) is 3.36. The number of methoxy groups -OCH3 is 1. The Balaban J connectivity index is 2.29. The van der Waals surface area contributed by atoms with E-state index in [0.29, 0.717) is 29.7 Å². The summed E-state index contributed by atoms with van der Waals surface area (Å²) in [4.78, 5) is 0. The number of nitrogens with zero attached hydrogens (tertiary/aromatic N) is 4. The average Bonchev–Trinajstić information content (AvgIpc) is 2.87. The molecular weight excluding hydrogens is 290 g/mol. The molecule has 2 rings (SSSR count). The SMILES string of the molecule is COCCC(C)(C)Cn1nnnc1-c1cccc(N)c1Cl. The largest absolute Gasteiger partial charge is 0.398 e. The van der Waals surface area contributed by atoms with Crippen molar-refractivity contribution in [1.29, 1.82) is 0 Å². The van der Waals surface area contributed by atoms with E-state index in [0.717, 1.165) is 12.0 Å². The van der Waals surface area contributed by atoms with Crippen molar-refractivity contribution in [2.45, 2.75) is 26.8 Å². The number of nitrogens with two attached hydrogens (primary N) is 1. The van der Waals surface area contributed by atoms with Crippen molar-refractivity contribution >= 4 is 17.3 Å². The Bertz CT molecular complexity index is 611. The fourth-order valence-corrected chi connectivity index (χ4v) is 2.30. The fraction of sp³-hybridized carbons (Fsp3) is 0.500. The maximum Gasteiger partial charge on any atom is 0.183 e. The maximum absolute atomic E-state index is 6.26. The predicted octanol–water partition coefficient (Wildman–Crippen LogP) is 2.64. The smallest absolute Gasteiger partial charge is 0.183 e. The molecule has 1 aromatic carbocycles. The Morgan fingerprint density at radius 1 is 1.38 bits per heavy atom. The lowest BCUT2D eigenvalue weighted by atomic mass is 9.89. The van der Waals surface area contributed by atoms with Crippen molar-refractivity contribution in [1.82, 2.24) is 20.2 Å². The number of anilines is 1. The van der Waals surface area contributed by atoms with Gasteiger partial charge in [0.2, 0.25) is 0 Å². The van der Waals surface area contributed by atoms with Crippen LogP contribution in [0.2, 0.25) is 5.02 Å². The molecule has 0 aliphatic carbocycles. The number of hydrogen-bond acceptors (Lipinski definition) is 5. The highest BCUT2D eigenvalue weighted by atomic mass is 35.5. The van der Waals surface area contributed by atoms with Gasteiger partial charge in [-0.2, -0.15) is 0 Å². The van der Waals surface area contributed by atoms with E-state index < -0.39 is 0 Å². The van der Waals surface area contributed by atoms with Crippen LogP contribution in [0.1, 0.15) is 20.3 Å². The van der Waals surface area contributed by atoms with Gasteiger partial charge in [-0.15, -0.1) is 5.10 Å². The lowest BCUT2D eigenvalue weighted by molar-refractivity contribution is 0.140. The first-order valence-electron chi connectivity index (χ1n) is 6.74. The molecule has 0 aliphatic heterocycles. The molecule has 7 heteroatoms. The second-order valence-corrected chi connectivity index (χ2v) is 6.15. The molecule has 0 unspecified atom stereocenters. The monoisotopic (exact) mass is 309 g/mol. The number of nitrogen functional groups attached to an aromatic ring is 1. The van der Waals surface area contributed by atoms with Gasteiger partial charge in [0, 0.05) is 19.3 Å². The van der Waals surface area contributed by atoms with Gasteiger partial charge in [-0.1, -0.05) is 31.5 Å². The van der Waals surface area contributed by atoms with Crippen LogP contribution in [0.25, 0.3) is 11.4 Å². The topological polar surface area (TPSA) is 78.8 Å². The van der Waals surface area contributed by atoms with Crippen LogP contribution in [-0.4, -0.2) is 33.9 Å². The number of tetrazole rings is 1. The van der Waals surface area contributed by atoms with Crippen LogP contribution < -0.4 is 5.73 Å². The lowest BCUT2D eigenvalue weighted by Crippen LogP contribution is -2.23. The van der Waals surface area contributed by atoms with Crippen LogP contribution in [0.15, 0.2) is 18.2 Å². The molecular formula is C14H20ClN5O. The van der Waals surface area contributed by atoms with Gasteiger partial charge < -0.3 is 10.5 Å². The number of halogens is 1. The van der Waals surface area contributed by atoms with Crippen LogP contribution in [-0.2, 0) is 11.3 Å². The Morgan fingerprint density at radius 2 is 2.14 bits per heavy atom. The molecule has 6 nitrogen and oxygen atoms in total. The molecule has 0 amide bonds. The molecule has 1 heterocycles. The Morgan fingerprint density at radius 3 is 2.86 bits per heavy atom. The number of ether oxygens (including phenoxy) is 1. The molecule has 114 valence electrons. The van der Waals surface area contributed by atoms with Gasteiger partial charge in [-0.25, -0.2) is 4.68 Å². The Labute approximate surface area is 129 Å². The average molecular weight is 310 g/mol. The quantitative estimate of drug-likeness (QED) is 0.830. The minimum Gasteiger partial charge on any atom is -0.398 e. The highest BCUT2D eigenvalue weighted by Crippen LogP contribution is 2.32. The van der Waals surface area contributed by atoms with E-state index in [-0.39, 0.29) is 5.41 Å². The molecule has 1 aromatic heterocycles.